The summed E-state index contributed by atoms with van der Waals surface area (Å²) < 4.78 is 5.44. The monoisotopic (exact) mass is 517 g/mol. The number of hydrogen-bond acceptors (Lipinski definition) is 5. The van der Waals surface area contributed by atoms with Gasteiger partial charge in [-0.2, -0.15) is 0 Å². The molecule has 0 heterocycles. The molecule has 0 saturated heterocycles. The minimum absolute atomic E-state index is 0.0138. The molecule has 2 atom stereocenters. The molecule has 0 aromatic heterocycles. The van der Waals surface area contributed by atoms with Gasteiger partial charge in [0, 0.05) is 11.6 Å². The zero-order valence-electron chi connectivity index (χ0n) is 23.9. The lowest BCUT2D eigenvalue weighted by molar-refractivity contribution is -0.149. The van der Waals surface area contributed by atoms with Crippen LogP contribution in [0.15, 0.2) is 24.3 Å². The van der Waals surface area contributed by atoms with Crippen LogP contribution in [0.25, 0.3) is 0 Å². The van der Waals surface area contributed by atoms with Crippen molar-refractivity contribution >= 4 is 17.9 Å². The highest BCUT2D eigenvalue weighted by atomic mass is 16.6. The summed E-state index contributed by atoms with van der Waals surface area (Å²) in [6, 6.07) is 4.64. The Labute approximate surface area is 222 Å². The van der Waals surface area contributed by atoms with Gasteiger partial charge < -0.3 is 25.4 Å². The number of nitrogens with one attached hydrogen (secondary N) is 2. The van der Waals surface area contributed by atoms with Crippen LogP contribution in [-0.2, 0) is 14.3 Å². The Bertz CT molecular complexity index is 926. The Kier molecular flexibility index (Phi) is 10.4. The van der Waals surface area contributed by atoms with Crippen molar-refractivity contribution in [3.63, 3.8) is 0 Å². The van der Waals surface area contributed by atoms with E-state index in [0.29, 0.717) is 12.0 Å². The topological polar surface area (TPSA) is 108 Å². The van der Waals surface area contributed by atoms with E-state index < -0.39 is 29.3 Å². The Balaban J connectivity index is 2.51. The number of carbonyl (C=O) groups excluding carboxylic acids is 3. The van der Waals surface area contributed by atoms with Crippen molar-refractivity contribution in [1.29, 1.82) is 0 Å². The summed E-state index contributed by atoms with van der Waals surface area (Å²) in [4.78, 5) is 42.3. The molecule has 1 aliphatic rings. The maximum atomic E-state index is 14.2. The molecule has 3 N–H and O–H groups in total. The zero-order chi connectivity index (χ0) is 28.0. The molecular formula is C29H47N3O5. The van der Waals surface area contributed by atoms with Crippen molar-refractivity contribution in [2.24, 2.45) is 5.92 Å². The molecule has 0 radical (unpaired) electrons. The molecule has 0 spiro atoms. The summed E-state index contributed by atoms with van der Waals surface area (Å²) in [6.07, 6.45) is 4.76. The van der Waals surface area contributed by atoms with Crippen LogP contribution < -0.4 is 10.6 Å². The predicted octanol–water partition coefficient (Wildman–Crippen LogP) is 5.45. The van der Waals surface area contributed by atoms with E-state index >= 15 is 0 Å². The summed E-state index contributed by atoms with van der Waals surface area (Å²) in [5.74, 6) is -0.554. The van der Waals surface area contributed by atoms with Gasteiger partial charge in [0.1, 0.15) is 23.4 Å². The van der Waals surface area contributed by atoms with Crippen molar-refractivity contribution in [1.82, 2.24) is 15.5 Å². The number of benzene rings is 1. The van der Waals surface area contributed by atoms with Gasteiger partial charge in [-0.15, -0.1) is 0 Å². The third kappa shape index (κ3) is 9.56. The molecule has 8 heteroatoms. The fourth-order valence-corrected chi connectivity index (χ4v) is 4.80. The Morgan fingerprint density at radius 3 is 2.19 bits per heavy atom. The number of carbonyl (C=O) groups is 3. The van der Waals surface area contributed by atoms with E-state index in [9.17, 15) is 19.5 Å². The second-order valence-electron chi connectivity index (χ2n) is 12.5. The largest absolute Gasteiger partial charge is 0.508 e. The van der Waals surface area contributed by atoms with Crippen LogP contribution in [-0.4, -0.2) is 51.1 Å². The van der Waals surface area contributed by atoms with Crippen molar-refractivity contribution in [3.8, 4) is 5.75 Å². The number of phenolic OH excluding ortho intramolecular Hbond substituents is 1. The van der Waals surface area contributed by atoms with Gasteiger partial charge in [0.2, 0.25) is 11.8 Å². The molecule has 0 aliphatic heterocycles. The fourth-order valence-electron chi connectivity index (χ4n) is 4.80. The molecular weight excluding hydrogens is 470 g/mol. The van der Waals surface area contributed by atoms with Crippen LogP contribution in [0.3, 0.4) is 0 Å². The van der Waals surface area contributed by atoms with E-state index in [2.05, 4.69) is 10.6 Å². The summed E-state index contributed by atoms with van der Waals surface area (Å²) in [5.41, 5.74) is -0.984. The summed E-state index contributed by atoms with van der Waals surface area (Å²) in [6.45, 7) is 14.8. The Morgan fingerprint density at radius 2 is 1.68 bits per heavy atom. The van der Waals surface area contributed by atoms with Gasteiger partial charge in [-0.1, -0.05) is 45.2 Å². The lowest BCUT2D eigenvalue weighted by atomic mass is 9.92. The van der Waals surface area contributed by atoms with Crippen molar-refractivity contribution in [2.45, 2.75) is 123 Å². The first-order valence-corrected chi connectivity index (χ1v) is 13.5. The standard InChI is InChI=1S/C29H47N3O5/c1-19(2)17-23(31-27(36)37-29(6,7)8)26(35)32(28(3,4)5)24(20-13-12-16-22(33)18-20)25(34)30-21-14-10-9-11-15-21/h12-13,16,18-19,21,23-24,33H,9-11,14-15,17H2,1-8H3,(H,30,34)(H,31,36). The SMILES string of the molecule is CC(C)CC(NC(=O)OC(C)(C)C)C(=O)N(C(C(=O)NC1CCCCC1)c1cccc(O)c1)C(C)(C)C. The van der Waals surface area contributed by atoms with Gasteiger partial charge in [0.15, 0.2) is 0 Å². The van der Waals surface area contributed by atoms with E-state index in [0.717, 1.165) is 32.1 Å². The Morgan fingerprint density at radius 1 is 1.05 bits per heavy atom. The van der Waals surface area contributed by atoms with Crippen molar-refractivity contribution in [2.75, 3.05) is 0 Å². The summed E-state index contributed by atoms with van der Waals surface area (Å²) in [5, 5.41) is 16.2. The molecule has 37 heavy (non-hydrogen) atoms. The molecule has 2 unspecified atom stereocenters. The minimum Gasteiger partial charge on any atom is -0.508 e. The second-order valence-corrected chi connectivity index (χ2v) is 12.5. The number of hydrogen-bond donors (Lipinski definition) is 3. The smallest absolute Gasteiger partial charge is 0.408 e. The lowest BCUT2D eigenvalue weighted by Crippen LogP contribution is -2.59. The van der Waals surface area contributed by atoms with E-state index in [-0.39, 0.29) is 29.5 Å². The van der Waals surface area contributed by atoms with E-state index in [4.69, 9.17) is 4.74 Å². The molecule has 0 bridgehead atoms. The maximum Gasteiger partial charge on any atom is 0.408 e. The highest BCUT2D eigenvalue weighted by Gasteiger charge is 2.42. The predicted molar refractivity (Wildman–Crippen MR) is 145 cm³/mol. The molecule has 1 saturated carbocycles. The minimum atomic E-state index is -0.989. The van der Waals surface area contributed by atoms with Crippen LogP contribution >= 0.6 is 0 Å². The van der Waals surface area contributed by atoms with Gasteiger partial charge in [-0.25, -0.2) is 4.79 Å². The average Bonchev–Trinajstić information content (AvgIpc) is 2.74. The summed E-state index contributed by atoms with van der Waals surface area (Å²) >= 11 is 0. The molecule has 3 amide bonds. The van der Waals surface area contributed by atoms with Crippen LogP contribution in [0.2, 0.25) is 0 Å². The van der Waals surface area contributed by atoms with Gasteiger partial charge in [0.25, 0.3) is 0 Å². The normalized spacial score (nSPS) is 16.6. The highest BCUT2D eigenvalue weighted by Crippen LogP contribution is 2.33. The number of nitrogens with zero attached hydrogens (tertiary/aromatic N) is 1. The van der Waals surface area contributed by atoms with Gasteiger partial charge in [-0.05, 0) is 84.4 Å². The van der Waals surface area contributed by atoms with Gasteiger partial charge in [-0.3, -0.25) is 9.59 Å². The number of alkyl carbamates (subject to hydrolysis) is 1. The quantitative estimate of drug-likeness (QED) is 0.425. The van der Waals surface area contributed by atoms with Crippen molar-refractivity contribution in [3.05, 3.63) is 29.8 Å². The number of rotatable bonds is 8. The summed E-state index contributed by atoms with van der Waals surface area (Å²) in [7, 11) is 0. The third-order valence-electron chi connectivity index (χ3n) is 6.30. The van der Waals surface area contributed by atoms with E-state index in [1.54, 1.807) is 37.8 Å². The Hall–Kier alpha value is -2.77. The third-order valence-corrected chi connectivity index (χ3v) is 6.30. The van der Waals surface area contributed by atoms with Crippen LogP contribution in [0.4, 0.5) is 4.79 Å². The van der Waals surface area contributed by atoms with E-state index in [1.165, 1.54) is 12.1 Å². The number of phenols is 1. The average molecular weight is 518 g/mol. The molecule has 208 valence electrons. The van der Waals surface area contributed by atoms with Crippen molar-refractivity contribution < 1.29 is 24.2 Å². The first-order chi connectivity index (χ1) is 17.1. The fraction of sp³-hybridized carbons (Fsp3) is 0.690. The molecule has 2 rings (SSSR count). The molecule has 8 nitrogen and oxygen atoms in total. The maximum absolute atomic E-state index is 14.2. The first kappa shape index (κ1) is 30.5. The molecule has 1 aromatic carbocycles. The second kappa shape index (κ2) is 12.7. The molecule has 1 aromatic rings. The van der Waals surface area contributed by atoms with Crippen LogP contribution in [0, 0.1) is 5.92 Å². The van der Waals surface area contributed by atoms with Crippen LogP contribution in [0.5, 0.6) is 5.75 Å². The number of ether oxygens (including phenoxy) is 1. The number of amides is 3. The number of aromatic hydroxyl groups is 1. The lowest BCUT2D eigenvalue weighted by Gasteiger charge is -2.43. The first-order valence-electron chi connectivity index (χ1n) is 13.5. The zero-order valence-corrected chi connectivity index (χ0v) is 23.9. The molecule has 1 aliphatic carbocycles. The van der Waals surface area contributed by atoms with Crippen LogP contribution in [0.1, 0.15) is 106 Å². The van der Waals surface area contributed by atoms with Gasteiger partial charge in [0.05, 0.1) is 0 Å². The van der Waals surface area contributed by atoms with Gasteiger partial charge >= 0.3 is 6.09 Å². The molecule has 1 fully saturated rings. The highest BCUT2D eigenvalue weighted by molar-refractivity contribution is 5.92. The van der Waals surface area contributed by atoms with E-state index in [1.807, 2.05) is 34.6 Å².